The fourth-order valence-electron chi connectivity index (χ4n) is 2.08. The van der Waals surface area contributed by atoms with Crippen LogP contribution in [0, 0.1) is 11.7 Å². The van der Waals surface area contributed by atoms with Gasteiger partial charge < -0.3 is 10.6 Å². The molecule has 88 valence electrons. The molecule has 1 aliphatic heterocycles. The van der Waals surface area contributed by atoms with E-state index in [0.29, 0.717) is 5.82 Å². The molecule has 2 rings (SSSR count). The molecule has 0 aliphatic carbocycles. The molecule has 16 heavy (non-hydrogen) atoms. The van der Waals surface area contributed by atoms with Crippen molar-refractivity contribution >= 4 is 5.82 Å². The maximum absolute atomic E-state index is 13.2. The molecule has 0 saturated carbocycles. The quantitative estimate of drug-likeness (QED) is 0.820. The second-order valence-electron chi connectivity index (χ2n) is 4.24. The first kappa shape index (κ1) is 11.3. The third-order valence-electron chi connectivity index (χ3n) is 3.06. The van der Waals surface area contributed by atoms with E-state index >= 15 is 0 Å². The molecule has 0 aromatic carbocycles. The molecular formula is C12H18FN3. The SMILES string of the molecule is Fc1cccnc1NCCC1CCNCC1. The van der Waals surface area contributed by atoms with Gasteiger partial charge in [0.25, 0.3) is 0 Å². The number of nitrogens with one attached hydrogen (secondary N) is 2. The van der Waals surface area contributed by atoms with Crippen LogP contribution in [0.15, 0.2) is 18.3 Å². The number of piperidine rings is 1. The van der Waals surface area contributed by atoms with Gasteiger partial charge in [0.1, 0.15) is 0 Å². The summed E-state index contributed by atoms with van der Waals surface area (Å²) in [5, 5.41) is 6.39. The molecule has 1 saturated heterocycles. The van der Waals surface area contributed by atoms with Crippen LogP contribution in [-0.4, -0.2) is 24.6 Å². The van der Waals surface area contributed by atoms with Gasteiger partial charge in [-0.2, -0.15) is 0 Å². The molecule has 3 nitrogen and oxygen atoms in total. The minimum atomic E-state index is -0.271. The number of rotatable bonds is 4. The van der Waals surface area contributed by atoms with Gasteiger partial charge in [-0.1, -0.05) is 0 Å². The molecule has 1 aromatic rings. The highest BCUT2D eigenvalue weighted by atomic mass is 19.1. The molecule has 0 radical (unpaired) electrons. The Kier molecular flexibility index (Phi) is 4.10. The Morgan fingerprint density at radius 2 is 2.25 bits per heavy atom. The van der Waals surface area contributed by atoms with Crippen molar-refractivity contribution in [3.05, 3.63) is 24.1 Å². The van der Waals surface area contributed by atoms with Gasteiger partial charge in [-0.05, 0) is 50.4 Å². The first-order valence-electron chi connectivity index (χ1n) is 5.91. The topological polar surface area (TPSA) is 37.0 Å². The van der Waals surface area contributed by atoms with E-state index < -0.39 is 0 Å². The predicted molar refractivity (Wildman–Crippen MR) is 62.9 cm³/mol. The Labute approximate surface area is 95.5 Å². The molecule has 2 heterocycles. The van der Waals surface area contributed by atoms with Gasteiger partial charge in [0.2, 0.25) is 0 Å². The van der Waals surface area contributed by atoms with Crippen LogP contribution >= 0.6 is 0 Å². The Morgan fingerprint density at radius 1 is 1.44 bits per heavy atom. The summed E-state index contributed by atoms with van der Waals surface area (Å²) in [5.41, 5.74) is 0. The fourth-order valence-corrected chi connectivity index (χ4v) is 2.08. The van der Waals surface area contributed by atoms with Crippen LogP contribution in [0.1, 0.15) is 19.3 Å². The molecule has 0 atom stereocenters. The van der Waals surface area contributed by atoms with Crippen molar-refractivity contribution in [2.45, 2.75) is 19.3 Å². The third-order valence-corrected chi connectivity index (χ3v) is 3.06. The zero-order valence-electron chi connectivity index (χ0n) is 9.38. The van der Waals surface area contributed by atoms with Crippen LogP contribution in [0.3, 0.4) is 0 Å². The van der Waals surface area contributed by atoms with Gasteiger partial charge in [-0.3, -0.25) is 0 Å². The van der Waals surface area contributed by atoms with E-state index in [1.807, 2.05) is 0 Å². The summed E-state index contributed by atoms with van der Waals surface area (Å²) in [6, 6.07) is 3.03. The molecule has 2 N–H and O–H groups in total. The Bertz CT molecular complexity index is 324. The number of hydrogen-bond donors (Lipinski definition) is 2. The number of halogens is 1. The lowest BCUT2D eigenvalue weighted by atomic mass is 9.95. The number of anilines is 1. The van der Waals surface area contributed by atoms with E-state index in [0.717, 1.165) is 32.0 Å². The van der Waals surface area contributed by atoms with Crippen LogP contribution < -0.4 is 10.6 Å². The number of hydrogen-bond acceptors (Lipinski definition) is 3. The molecule has 4 heteroatoms. The maximum atomic E-state index is 13.2. The molecule has 1 fully saturated rings. The monoisotopic (exact) mass is 223 g/mol. The molecule has 0 amide bonds. The largest absolute Gasteiger partial charge is 0.368 e. The normalized spacial score (nSPS) is 17.3. The number of pyridine rings is 1. The van der Waals surface area contributed by atoms with Gasteiger partial charge >= 0.3 is 0 Å². The van der Waals surface area contributed by atoms with Crippen molar-refractivity contribution in [3.8, 4) is 0 Å². The second-order valence-corrected chi connectivity index (χ2v) is 4.24. The summed E-state index contributed by atoms with van der Waals surface area (Å²) in [7, 11) is 0. The van der Waals surface area contributed by atoms with Gasteiger partial charge in [-0.25, -0.2) is 9.37 Å². The van der Waals surface area contributed by atoms with Crippen LogP contribution in [-0.2, 0) is 0 Å². The Balaban J connectivity index is 1.73. The van der Waals surface area contributed by atoms with Crippen molar-refractivity contribution in [3.63, 3.8) is 0 Å². The first-order valence-corrected chi connectivity index (χ1v) is 5.91. The fraction of sp³-hybridized carbons (Fsp3) is 0.583. The minimum Gasteiger partial charge on any atom is -0.368 e. The van der Waals surface area contributed by atoms with Crippen LogP contribution in [0.25, 0.3) is 0 Å². The van der Waals surface area contributed by atoms with E-state index in [1.54, 1.807) is 12.3 Å². The van der Waals surface area contributed by atoms with Crippen LogP contribution in [0.4, 0.5) is 10.2 Å². The lowest BCUT2D eigenvalue weighted by molar-refractivity contribution is 0.361. The van der Waals surface area contributed by atoms with Gasteiger partial charge in [0, 0.05) is 12.7 Å². The van der Waals surface area contributed by atoms with E-state index in [-0.39, 0.29) is 5.82 Å². The van der Waals surface area contributed by atoms with Gasteiger partial charge in [0.15, 0.2) is 11.6 Å². The van der Waals surface area contributed by atoms with Crippen molar-refractivity contribution < 1.29 is 4.39 Å². The zero-order chi connectivity index (χ0) is 11.2. The van der Waals surface area contributed by atoms with Crippen LogP contribution in [0.5, 0.6) is 0 Å². The van der Waals surface area contributed by atoms with Crippen molar-refractivity contribution in [1.82, 2.24) is 10.3 Å². The molecule has 1 aliphatic rings. The molecule has 0 unspecified atom stereocenters. The van der Waals surface area contributed by atoms with E-state index in [2.05, 4.69) is 15.6 Å². The summed E-state index contributed by atoms with van der Waals surface area (Å²) < 4.78 is 13.2. The van der Waals surface area contributed by atoms with E-state index in [4.69, 9.17) is 0 Å². The first-order chi connectivity index (χ1) is 7.86. The molecule has 0 bridgehead atoms. The highest BCUT2D eigenvalue weighted by molar-refractivity contribution is 5.35. The van der Waals surface area contributed by atoms with E-state index in [1.165, 1.54) is 18.9 Å². The number of aromatic nitrogens is 1. The lowest BCUT2D eigenvalue weighted by Crippen LogP contribution is -2.28. The maximum Gasteiger partial charge on any atom is 0.165 e. The Morgan fingerprint density at radius 3 is 3.00 bits per heavy atom. The molecule has 0 spiro atoms. The van der Waals surface area contributed by atoms with Crippen molar-refractivity contribution in [2.75, 3.05) is 25.0 Å². The lowest BCUT2D eigenvalue weighted by Gasteiger charge is -2.22. The zero-order valence-corrected chi connectivity index (χ0v) is 9.38. The molecular weight excluding hydrogens is 205 g/mol. The average molecular weight is 223 g/mol. The summed E-state index contributed by atoms with van der Waals surface area (Å²) in [4.78, 5) is 3.96. The van der Waals surface area contributed by atoms with E-state index in [9.17, 15) is 4.39 Å². The Hall–Kier alpha value is -1.16. The summed E-state index contributed by atoms with van der Waals surface area (Å²) >= 11 is 0. The smallest absolute Gasteiger partial charge is 0.165 e. The number of nitrogens with zero attached hydrogens (tertiary/aromatic N) is 1. The van der Waals surface area contributed by atoms with Gasteiger partial charge in [0.05, 0.1) is 0 Å². The third kappa shape index (κ3) is 3.17. The van der Waals surface area contributed by atoms with Crippen LogP contribution in [0.2, 0.25) is 0 Å². The second kappa shape index (κ2) is 5.80. The van der Waals surface area contributed by atoms with Crippen molar-refractivity contribution in [1.29, 1.82) is 0 Å². The van der Waals surface area contributed by atoms with Crippen molar-refractivity contribution in [2.24, 2.45) is 5.92 Å². The predicted octanol–water partition coefficient (Wildman–Crippen LogP) is 2.02. The summed E-state index contributed by atoms with van der Waals surface area (Å²) in [6.07, 6.45) is 5.16. The highest BCUT2D eigenvalue weighted by Gasteiger charge is 2.12. The standard InChI is InChI=1S/C12H18FN3/c13-11-2-1-6-15-12(11)16-9-5-10-3-7-14-8-4-10/h1-2,6,10,14H,3-5,7-9H2,(H,15,16). The van der Waals surface area contributed by atoms with Gasteiger partial charge in [-0.15, -0.1) is 0 Å². The minimum absolute atomic E-state index is 0.271. The highest BCUT2D eigenvalue weighted by Crippen LogP contribution is 2.16. The average Bonchev–Trinajstić information content (AvgIpc) is 2.33. The summed E-state index contributed by atoms with van der Waals surface area (Å²) in [5.74, 6) is 0.866. The molecule has 1 aromatic heterocycles. The summed E-state index contributed by atoms with van der Waals surface area (Å²) in [6.45, 7) is 3.03.